The average Bonchev–Trinajstić information content (AvgIpc) is 3.35. The number of carbonyl (C=O) groups is 2. The molecule has 3 N–H and O–H groups in total. The largest absolute Gasteiger partial charge is 0.477 e. The molecule has 0 aliphatic heterocycles. The molecule has 0 saturated heterocycles. The van der Waals surface area contributed by atoms with Crippen molar-refractivity contribution < 1.29 is 24.9 Å². The zero-order valence-corrected chi connectivity index (χ0v) is 16.8. The minimum absolute atomic E-state index is 0.00445. The van der Waals surface area contributed by atoms with Crippen LogP contribution in [0.3, 0.4) is 0 Å². The lowest BCUT2D eigenvalue weighted by atomic mass is 10.1. The third-order valence-corrected chi connectivity index (χ3v) is 7.48. The molecule has 0 aromatic carbocycles. The second-order valence-corrected chi connectivity index (χ2v) is 9.75. The predicted molar refractivity (Wildman–Crippen MR) is 106 cm³/mol. The van der Waals surface area contributed by atoms with Gasteiger partial charge in [0.2, 0.25) is 0 Å². The van der Waals surface area contributed by atoms with E-state index in [2.05, 4.69) is 12.2 Å². The summed E-state index contributed by atoms with van der Waals surface area (Å²) in [5, 5.41) is 24.4. The fraction of sp³-hybridized carbons (Fsp3) is 0.789. The van der Waals surface area contributed by atoms with E-state index < -0.39 is 11.1 Å². The third-order valence-electron chi connectivity index (χ3n) is 4.91. The van der Waals surface area contributed by atoms with Crippen molar-refractivity contribution in [3.8, 4) is 0 Å². The van der Waals surface area contributed by atoms with Crippen LogP contribution in [0.1, 0.15) is 57.8 Å². The van der Waals surface area contributed by atoms with Gasteiger partial charge in [-0.25, -0.2) is 4.79 Å². The van der Waals surface area contributed by atoms with Gasteiger partial charge in [0, 0.05) is 6.42 Å². The summed E-state index contributed by atoms with van der Waals surface area (Å²) in [7, 11) is 0. The van der Waals surface area contributed by atoms with Crippen LogP contribution in [0.25, 0.3) is 0 Å². The van der Waals surface area contributed by atoms with Gasteiger partial charge in [0.1, 0.15) is 5.78 Å². The molecule has 0 amide bonds. The van der Waals surface area contributed by atoms with Gasteiger partial charge in [-0.3, -0.25) is 4.79 Å². The maximum Gasteiger partial charge on any atom is 0.375 e. The maximum absolute atomic E-state index is 12.1. The zero-order chi connectivity index (χ0) is 19.0. The summed E-state index contributed by atoms with van der Waals surface area (Å²) in [6.07, 6.45) is 14.5. The topological polar surface area (TPSA) is 94.8 Å². The van der Waals surface area contributed by atoms with E-state index in [1.165, 1.54) is 32.1 Å². The van der Waals surface area contributed by atoms with E-state index in [1.807, 2.05) is 0 Å². The highest BCUT2D eigenvalue weighted by Crippen LogP contribution is 2.35. The summed E-state index contributed by atoms with van der Waals surface area (Å²) >= 11 is 2.21. The van der Waals surface area contributed by atoms with E-state index in [4.69, 9.17) is 5.11 Å². The zero-order valence-electron chi connectivity index (χ0n) is 15.1. The van der Waals surface area contributed by atoms with Crippen LogP contribution < -0.4 is 0 Å². The molecule has 0 bridgehead atoms. The molecule has 2 aliphatic carbocycles. The number of allylic oxidation sites excluding steroid dienone is 2. The molecule has 2 rings (SSSR count). The number of carbonyl (C=O) groups excluding carboxylic acids is 1. The molecule has 0 unspecified atom stereocenters. The van der Waals surface area contributed by atoms with Gasteiger partial charge in [0.05, 0.1) is 5.25 Å². The molecule has 148 valence electrons. The number of hydrogen-bond acceptors (Lipinski definition) is 6. The van der Waals surface area contributed by atoms with Gasteiger partial charge in [-0.15, -0.1) is 11.8 Å². The van der Waals surface area contributed by atoms with Crippen molar-refractivity contribution >= 4 is 35.3 Å². The first-order valence-corrected chi connectivity index (χ1v) is 11.6. The quantitative estimate of drug-likeness (QED) is 0.247. The fourth-order valence-corrected chi connectivity index (χ4v) is 5.40. The molecule has 0 aromatic heterocycles. The summed E-state index contributed by atoms with van der Waals surface area (Å²) in [4.78, 5) is 22.7. The van der Waals surface area contributed by atoms with Crippen LogP contribution in [0.2, 0.25) is 0 Å². The Morgan fingerprint density at radius 2 is 1.92 bits per heavy atom. The van der Waals surface area contributed by atoms with Crippen molar-refractivity contribution in [3.05, 3.63) is 12.2 Å². The number of thioether (sulfide) groups is 2. The molecule has 0 radical (unpaired) electrons. The molecule has 26 heavy (non-hydrogen) atoms. The lowest BCUT2D eigenvalue weighted by Crippen LogP contribution is -2.34. The van der Waals surface area contributed by atoms with Crippen LogP contribution >= 0.6 is 23.5 Å². The number of unbranched alkanes of at least 4 members (excludes halogenated alkanes) is 2. The number of Topliss-reactive ketones (excluding diaryl/α,β-unsaturated/α-hetero) is 1. The summed E-state index contributed by atoms with van der Waals surface area (Å²) in [6, 6.07) is 0. The molecular formula is C19H30O5S2. The number of rotatable bonds is 13. The number of carboxylic acid groups (broad SMARTS) is 1. The fourth-order valence-electron chi connectivity index (χ4n) is 3.17. The maximum atomic E-state index is 12.1. The second kappa shape index (κ2) is 10.7. The van der Waals surface area contributed by atoms with Crippen LogP contribution in [0.5, 0.6) is 0 Å². The van der Waals surface area contributed by atoms with Gasteiger partial charge >= 0.3 is 11.1 Å². The van der Waals surface area contributed by atoms with Gasteiger partial charge in [0.15, 0.2) is 0 Å². The Morgan fingerprint density at radius 1 is 1.15 bits per heavy atom. The minimum Gasteiger partial charge on any atom is -0.477 e. The van der Waals surface area contributed by atoms with E-state index in [9.17, 15) is 19.8 Å². The van der Waals surface area contributed by atoms with Crippen molar-refractivity contribution in [1.29, 1.82) is 0 Å². The Labute approximate surface area is 164 Å². The number of aliphatic carboxylic acids is 1. The van der Waals surface area contributed by atoms with Crippen molar-refractivity contribution in [3.63, 3.8) is 0 Å². The average molecular weight is 403 g/mol. The van der Waals surface area contributed by atoms with Crippen LogP contribution in [-0.4, -0.2) is 48.9 Å². The molecule has 2 fully saturated rings. The highest BCUT2D eigenvalue weighted by molar-refractivity contribution is 8.01. The molecule has 7 heteroatoms. The van der Waals surface area contributed by atoms with Crippen molar-refractivity contribution in [2.24, 2.45) is 11.8 Å². The van der Waals surface area contributed by atoms with E-state index in [-0.39, 0.29) is 5.25 Å². The predicted octanol–water partition coefficient (Wildman–Crippen LogP) is 3.44. The second-order valence-electron chi connectivity index (χ2n) is 7.23. The lowest BCUT2D eigenvalue weighted by Gasteiger charge is -2.16. The first-order chi connectivity index (χ1) is 12.4. The van der Waals surface area contributed by atoms with E-state index in [1.54, 1.807) is 11.8 Å². The normalized spacial score (nSPS) is 23.8. The molecular weight excluding hydrogens is 372 g/mol. The Hall–Kier alpha value is -0.500. The number of hydrogen-bond donors (Lipinski definition) is 3. The molecule has 2 aliphatic rings. The SMILES string of the molecule is O=C1CC[C@H](/C=C/CCCCC2CC2)[C@H]1SCCCSC(O)(O)C(=O)O. The number of aliphatic hydroxyl groups is 2. The third kappa shape index (κ3) is 7.62. The Balaban J connectivity index is 1.60. The molecule has 2 saturated carbocycles. The van der Waals surface area contributed by atoms with E-state index in [0.717, 1.165) is 18.8 Å². The highest BCUT2D eigenvalue weighted by Gasteiger charge is 2.34. The monoisotopic (exact) mass is 402 g/mol. The number of carboxylic acids is 1. The summed E-state index contributed by atoms with van der Waals surface area (Å²) < 4.78 is 0. The van der Waals surface area contributed by atoms with Crippen LogP contribution in [0, 0.1) is 11.8 Å². The van der Waals surface area contributed by atoms with Gasteiger partial charge in [-0.05, 0) is 49.0 Å². The molecule has 0 spiro atoms. The van der Waals surface area contributed by atoms with Crippen LogP contribution in [0.4, 0.5) is 0 Å². The Bertz CT molecular complexity index is 502. The molecule has 0 aromatic rings. The summed E-state index contributed by atoms with van der Waals surface area (Å²) in [6.45, 7) is 0. The van der Waals surface area contributed by atoms with Crippen LogP contribution in [0.15, 0.2) is 12.2 Å². The molecule has 2 atom stereocenters. The number of ketones is 1. The van der Waals surface area contributed by atoms with E-state index in [0.29, 0.717) is 47.8 Å². The first kappa shape index (κ1) is 21.8. The summed E-state index contributed by atoms with van der Waals surface area (Å²) in [5.74, 6) is 0.998. The standard InChI is InChI=1S/C19H30O5S2/c20-16-11-10-15(7-4-2-1-3-6-14-8-9-14)17(16)25-12-5-13-26-19(23,24)18(21)22/h4,7,14-15,17,23-24H,1-3,5-6,8-13H2,(H,21,22)/b7-4+/t15-,17+/m0/s1. The van der Waals surface area contributed by atoms with Gasteiger partial charge in [-0.1, -0.05) is 49.6 Å². The highest BCUT2D eigenvalue weighted by atomic mass is 32.2. The minimum atomic E-state index is -2.72. The van der Waals surface area contributed by atoms with Gasteiger partial charge in [0.25, 0.3) is 0 Å². The Kier molecular flexibility index (Phi) is 9.00. The smallest absolute Gasteiger partial charge is 0.375 e. The lowest BCUT2D eigenvalue weighted by molar-refractivity contribution is -0.174. The van der Waals surface area contributed by atoms with Crippen molar-refractivity contribution in [2.45, 2.75) is 68.2 Å². The molecule has 0 heterocycles. The first-order valence-electron chi connectivity index (χ1n) is 9.53. The van der Waals surface area contributed by atoms with E-state index >= 15 is 0 Å². The van der Waals surface area contributed by atoms with Gasteiger partial charge in [-0.2, -0.15) is 0 Å². The van der Waals surface area contributed by atoms with Crippen molar-refractivity contribution in [2.75, 3.05) is 11.5 Å². The molecule has 5 nitrogen and oxygen atoms in total. The Morgan fingerprint density at radius 3 is 2.62 bits per heavy atom. The summed E-state index contributed by atoms with van der Waals surface area (Å²) in [5.41, 5.74) is 0. The van der Waals surface area contributed by atoms with Gasteiger partial charge < -0.3 is 15.3 Å². The van der Waals surface area contributed by atoms with Crippen LogP contribution in [-0.2, 0) is 9.59 Å². The van der Waals surface area contributed by atoms with Crippen molar-refractivity contribution in [1.82, 2.24) is 0 Å².